The first kappa shape index (κ1) is 22.7. The summed E-state index contributed by atoms with van der Waals surface area (Å²) in [6.07, 6.45) is 0.0716. The van der Waals surface area contributed by atoms with E-state index in [0.717, 1.165) is 17.5 Å². The van der Waals surface area contributed by atoms with Gasteiger partial charge in [0.05, 0.1) is 5.02 Å². The zero-order valence-corrected chi connectivity index (χ0v) is 17.5. The number of hydrogen-bond acceptors (Lipinski definition) is 5. The van der Waals surface area contributed by atoms with E-state index in [1.807, 2.05) is 11.8 Å². The number of ether oxygens (including phenoxy) is 1. The van der Waals surface area contributed by atoms with Crippen molar-refractivity contribution in [3.63, 3.8) is 0 Å². The van der Waals surface area contributed by atoms with Crippen molar-refractivity contribution in [1.29, 1.82) is 0 Å². The topological polar surface area (TPSA) is 58.5 Å². The van der Waals surface area contributed by atoms with Crippen molar-refractivity contribution in [2.24, 2.45) is 0 Å². The highest BCUT2D eigenvalue weighted by molar-refractivity contribution is 6.32. The molecule has 0 bridgehead atoms. The number of aryl methyl sites for hydroxylation is 1. The van der Waals surface area contributed by atoms with Crippen LogP contribution in [-0.2, 0) is 19.4 Å². The lowest BCUT2D eigenvalue weighted by Crippen LogP contribution is -2.27. The van der Waals surface area contributed by atoms with E-state index in [9.17, 15) is 18.3 Å². The second-order valence-electron chi connectivity index (χ2n) is 6.90. The van der Waals surface area contributed by atoms with Crippen molar-refractivity contribution in [3.8, 4) is 11.5 Å². The first-order valence-electron chi connectivity index (χ1n) is 9.61. The van der Waals surface area contributed by atoms with Gasteiger partial charge < -0.3 is 14.7 Å². The van der Waals surface area contributed by atoms with E-state index in [-0.39, 0.29) is 23.1 Å². The number of alkyl halides is 3. The third kappa shape index (κ3) is 6.75. The average molecular weight is 452 g/mol. The maximum atomic E-state index is 12.6. The van der Waals surface area contributed by atoms with Gasteiger partial charge in [-0.25, -0.2) is 9.97 Å². The number of benzene rings is 2. The largest absolute Gasteiger partial charge is 0.573 e. The van der Waals surface area contributed by atoms with Crippen LogP contribution in [0.4, 0.5) is 19.1 Å². The molecule has 0 unspecified atom stereocenters. The smallest absolute Gasteiger partial charge is 0.506 e. The van der Waals surface area contributed by atoms with E-state index in [2.05, 4.69) is 14.7 Å². The highest BCUT2D eigenvalue weighted by atomic mass is 35.5. The first-order valence-corrected chi connectivity index (χ1v) is 9.99. The molecule has 5 nitrogen and oxygen atoms in total. The molecule has 3 rings (SSSR count). The summed E-state index contributed by atoms with van der Waals surface area (Å²) in [5.74, 6) is 0.184. The molecule has 3 aromatic rings. The van der Waals surface area contributed by atoms with Crippen LogP contribution >= 0.6 is 11.6 Å². The number of aromatic nitrogens is 2. The van der Waals surface area contributed by atoms with Gasteiger partial charge in [0.25, 0.3) is 0 Å². The molecule has 0 atom stereocenters. The summed E-state index contributed by atoms with van der Waals surface area (Å²) in [5.41, 5.74) is 2.50. The van der Waals surface area contributed by atoms with Crippen LogP contribution in [0, 0.1) is 0 Å². The second kappa shape index (κ2) is 9.87. The number of aromatic hydroxyl groups is 1. The van der Waals surface area contributed by atoms with E-state index in [1.54, 1.807) is 30.6 Å². The van der Waals surface area contributed by atoms with Crippen molar-refractivity contribution >= 4 is 17.5 Å². The summed E-state index contributed by atoms with van der Waals surface area (Å²) < 4.78 is 41.7. The molecular weight excluding hydrogens is 431 g/mol. The Labute approximate surface area is 183 Å². The lowest BCUT2D eigenvalue weighted by Gasteiger charge is -2.23. The van der Waals surface area contributed by atoms with Gasteiger partial charge in [0.2, 0.25) is 5.95 Å². The lowest BCUT2D eigenvalue weighted by atomic mass is 10.1. The fraction of sp³-hybridized carbons (Fsp3) is 0.273. The van der Waals surface area contributed by atoms with Gasteiger partial charge in [-0.05, 0) is 53.8 Å². The third-order valence-electron chi connectivity index (χ3n) is 4.57. The van der Waals surface area contributed by atoms with Crippen molar-refractivity contribution < 1.29 is 23.0 Å². The summed E-state index contributed by atoms with van der Waals surface area (Å²) in [5, 5.41) is 9.85. The number of anilines is 1. The zero-order valence-electron chi connectivity index (χ0n) is 16.7. The van der Waals surface area contributed by atoms with Gasteiger partial charge in [-0.3, -0.25) is 0 Å². The Bertz CT molecular complexity index is 1010. The maximum absolute atomic E-state index is 12.6. The van der Waals surface area contributed by atoms with E-state index >= 15 is 0 Å². The van der Waals surface area contributed by atoms with Crippen molar-refractivity contribution in [2.45, 2.75) is 32.7 Å². The first-order chi connectivity index (χ1) is 14.7. The van der Waals surface area contributed by atoms with Crippen LogP contribution in [0.2, 0.25) is 5.02 Å². The number of phenolic OH excluding ortho intramolecular Hbond substituents is 1. The van der Waals surface area contributed by atoms with Gasteiger partial charge in [-0.1, -0.05) is 36.7 Å². The molecule has 1 N–H and O–H groups in total. The van der Waals surface area contributed by atoms with Gasteiger partial charge in [-0.15, -0.1) is 13.2 Å². The molecule has 0 amide bonds. The molecule has 164 valence electrons. The summed E-state index contributed by atoms with van der Waals surface area (Å²) >= 11 is 5.99. The Balaban J connectivity index is 1.81. The van der Waals surface area contributed by atoms with Crippen LogP contribution < -0.4 is 9.64 Å². The molecule has 31 heavy (non-hydrogen) atoms. The fourth-order valence-corrected chi connectivity index (χ4v) is 3.18. The Morgan fingerprint density at radius 2 is 1.77 bits per heavy atom. The van der Waals surface area contributed by atoms with Crippen LogP contribution in [0.3, 0.4) is 0 Å². The van der Waals surface area contributed by atoms with Crippen molar-refractivity contribution in [2.75, 3.05) is 11.4 Å². The molecule has 0 aliphatic carbocycles. The molecule has 9 heteroatoms. The SMILES string of the molecule is CCc1cnc(N(CCc2ccc(O)c(Cl)c2)Cc2cccc(OC(F)(F)F)c2)nc1. The van der Waals surface area contributed by atoms with Crippen LogP contribution in [0.5, 0.6) is 11.5 Å². The van der Waals surface area contributed by atoms with Crippen LogP contribution in [0.1, 0.15) is 23.6 Å². The molecule has 0 spiro atoms. The monoisotopic (exact) mass is 451 g/mol. The molecule has 0 aliphatic heterocycles. The molecule has 2 aromatic carbocycles. The normalized spacial score (nSPS) is 11.4. The minimum Gasteiger partial charge on any atom is -0.506 e. The summed E-state index contributed by atoms with van der Waals surface area (Å²) in [4.78, 5) is 10.7. The van der Waals surface area contributed by atoms with Crippen LogP contribution in [-0.4, -0.2) is 28.0 Å². The maximum Gasteiger partial charge on any atom is 0.573 e. The Morgan fingerprint density at radius 3 is 2.42 bits per heavy atom. The minimum atomic E-state index is -4.75. The van der Waals surface area contributed by atoms with Crippen LogP contribution in [0.25, 0.3) is 0 Å². The van der Waals surface area contributed by atoms with Gasteiger partial charge in [0.15, 0.2) is 0 Å². The number of hydrogen-bond donors (Lipinski definition) is 1. The van der Waals surface area contributed by atoms with Crippen LogP contribution in [0.15, 0.2) is 54.9 Å². The Morgan fingerprint density at radius 1 is 1.03 bits per heavy atom. The van der Waals surface area contributed by atoms with Crippen molar-refractivity contribution in [3.05, 3.63) is 76.6 Å². The molecule has 0 saturated heterocycles. The fourth-order valence-electron chi connectivity index (χ4n) is 2.97. The number of phenols is 1. The molecule has 1 aromatic heterocycles. The minimum absolute atomic E-state index is 0.00207. The highest BCUT2D eigenvalue weighted by Crippen LogP contribution is 2.26. The quantitative estimate of drug-likeness (QED) is 0.487. The third-order valence-corrected chi connectivity index (χ3v) is 4.87. The van der Waals surface area contributed by atoms with E-state index in [4.69, 9.17) is 11.6 Å². The summed E-state index contributed by atoms with van der Waals surface area (Å²) in [7, 11) is 0. The Hall–Kier alpha value is -3.00. The predicted molar refractivity (Wildman–Crippen MR) is 112 cm³/mol. The number of nitrogens with zero attached hydrogens (tertiary/aromatic N) is 3. The lowest BCUT2D eigenvalue weighted by molar-refractivity contribution is -0.274. The highest BCUT2D eigenvalue weighted by Gasteiger charge is 2.31. The Kier molecular flexibility index (Phi) is 7.22. The molecular formula is C22H21ClF3N3O2. The van der Waals surface area contributed by atoms with E-state index < -0.39 is 6.36 Å². The molecule has 0 saturated carbocycles. The van der Waals surface area contributed by atoms with Gasteiger partial charge in [-0.2, -0.15) is 0 Å². The van der Waals surface area contributed by atoms with Gasteiger partial charge in [0, 0.05) is 25.5 Å². The van der Waals surface area contributed by atoms with Crippen molar-refractivity contribution in [1.82, 2.24) is 9.97 Å². The summed E-state index contributed by atoms with van der Waals surface area (Å²) in [6.45, 7) is 2.76. The molecule has 1 heterocycles. The van der Waals surface area contributed by atoms with E-state index in [1.165, 1.54) is 24.3 Å². The molecule has 0 aliphatic rings. The molecule has 0 fully saturated rings. The summed E-state index contributed by atoms with van der Waals surface area (Å²) in [6, 6.07) is 10.8. The standard InChI is InChI=1S/C22H21ClF3N3O2/c1-2-15-12-27-21(28-13-15)29(9-8-16-6-7-20(30)19(23)11-16)14-17-4-3-5-18(10-17)31-22(24,25)26/h3-7,10-13,30H,2,8-9,14H2,1H3. The predicted octanol–water partition coefficient (Wildman–Crippen LogP) is 5.55. The second-order valence-corrected chi connectivity index (χ2v) is 7.30. The zero-order chi connectivity index (χ0) is 22.4. The average Bonchev–Trinajstić information content (AvgIpc) is 2.72. The number of halogens is 4. The number of rotatable bonds is 8. The van der Waals surface area contributed by atoms with Gasteiger partial charge in [0.1, 0.15) is 11.5 Å². The van der Waals surface area contributed by atoms with E-state index in [0.29, 0.717) is 24.5 Å². The molecule has 0 radical (unpaired) electrons. The van der Waals surface area contributed by atoms with Gasteiger partial charge >= 0.3 is 6.36 Å².